The van der Waals surface area contributed by atoms with Gasteiger partial charge in [0.1, 0.15) is 17.3 Å². The number of nitrogens with one attached hydrogen (secondary N) is 1. The molecule has 0 bridgehead atoms. The van der Waals surface area contributed by atoms with Crippen LogP contribution in [0.2, 0.25) is 0 Å². The van der Waals surface area contributed by atoms with E-state index in [1.54, 1.807) is 18.3 Å². The van der Waals surface area contributed by atoms with Gasteiger partial charge in [0.2, 0.25) is 0 Å². The van der Waals surface area contributed by atoms with Crippen molar-refractivity contribution in [2.24, 2.45) is 0 Å². The summed E-state index contributed by atoms with van der Waals surface area (Å²) >= 11 is 3.45. The first kappa shape index (κ1) is 11.2. The third-order valence-corrected chi connectivity index (χ3v) is 3.19. The Kier molecular flexibility index (Phi) is 2.76. The molecular formula is C13H8BrFN2O. The maximum atomic E-state index is 12.8. The number of hydrogen-bond donors (Lipinski definition) is 1. The van der Waals surface area contributed by atoms with Crippen LogP contribution in [-0.4, -0.2) is 10.2 Å². The number of fused-ring (bicyclic) bond motifs is 1. The van der Waals surface area contributed by atoms with Gasteiger partial charge in [0.15, 0.2) is 0 Å². The summed E-state index contributed by atoms with van der Waals surface area (Å²) < 4.78 is 19.3. The maximum absolute atomic E-state index is 12.8. The number of H-pyrrole nitrogens is 1. The van der Waals surface area contributed by atoms with Crippen molar-refractivity contribution in [1.29, 1.82) is 0 Å². The van der Waals surface area contributed by atoms with Crippen LogP contribution in [0.3, 0.4) is 0 Å². The molecule has 0 atom stereocenters. The molecule has 0 radical (unpaired) electrons. The van der Waals surface area contributed by atoms with Crippen LogP contribution in [-0.2, 0) is 0 Å². The molecule has 1 aromatic heterocycles. The van der Waals surface area contributed by atoms with E-state index in [0.29, 0.717) is 11.5 Å². The van der Waals surface area contributed by atoms with Crippen molar-refractivity contribution in [3.63, 3.8) is 0 Å². The van der Waals surface area contributed by atoms with E-state index < -0.39 is 0 Å². The number of nitrogens with zero attached hydrogens (tertiary/aromatic N) is 1. The lowest BCUT2D eigenvalue weighted by Crippen LogP contribution is -1.85. The Morgan fingerprint density at radius 1 is 1.11 bits per heavy atom. The summed E-state index contributed by atoms with van der Waals surface area (Å²) in [4.78, 5) is 0. The Labute approximate surface area is 111 Å². The van der Waals surface area contributed by atoms with E-state index in [4.69, 9.17) is 4.74 Å². The molecule has 0 aliphatic carbocycles. The molecule has 90 valence electrons. The van der Waals surface area contributed by atoms with Crippen molar-refractivity contribution < 1.29 is 9.13 Å². The summed E-state index contributed by atoms with van der Waals surface area (Å²) in [5.74, 6) is 0.958. The fourth-order valence-corrected chi connectivity index (χ4v) is 2.22. The minimum Gasteiger partial charge on any atom is -0.457 e. The van der Waals surface area contributed by atoms with Crippen LogP contribution >= 0.6 is 15.9 Å². The molecule has 0 fully saturated rings. The van der Waals surface area contributed by atoms with Gasteiger partial charge in [-0.1, -0.05) is 0 Å². The van der Waals surface area contributed by atoms with Crippen LogP contribution in [0.25, 0.3) is 10.9 Å². The number of ether oxygens (including phenoxy) is 1. The van der Waals surface area contributed by atoms with E-state index in [-0.39, 0.29) is 5.82 Å². The van der Waals surface area contributed by atoms with Crippen molar-refractivity contribution in [2.75, 3.05) is 0 Å². The van der Waals surface area contributed by atoms with E-state index in [2.05, 4.69) is 26.1 Å². The largest absolute Gasteiger partial charge is 0.457 e. The molecule has 0 aliphatic heterocycles. The molecule has 2 aromatic carbocycles. The Bertz CT molecular complexity index is 694. The van der Waals surface area contributed by atoms with Crippen LogP contribution in [0.4, 0.5) is 4.39 Å². The lowest BCUT2D eigenvalue weighted by molar-refractivity contribution is 0.481. The minimum atomic E-state index is -0.285. The molecule has 1 N–H and O–H groups in total. The molecule has 0 unspecified atom stereocenters. The fourth-order valence-electron chi connectivity index (χ4n) is 1.68. The first-order chi connectivity index (χ1) is 8.72. The van der Waals surface area contributed by atoms with Gasteiger partial charge in [0.25, 0.3) is 0 Å². The van der Waals surface area contributed by atoms with E-state index in [0.717, 1.165) is 15.4 Å². The highest BCUT2D eigenvalue weighted by Gasteiger charge is 2.05. The van der Waals surface area contributed by atoms with E-state index in [1.807, 2.05) is 12.1 Å². The average Bonchev–Trinajstić information content (AvgIpc) is 2.81. The summed E-state index contributed by atoms with van der Waals surface area (Å²) in [7, 11) is 0. The molecule has 0 amide bonds. The molecule has 3 nitrogen and oxygen atoms in total. The van der Waals surface area contributed by atoms with Crippen LogP contribution in [0, 0.1) is 5.82 Å². The zero-order valence-electron chi connectivity index (χ0n) is 9.15. The highest BCUT2D eigenvalue weighted by Crippen LogP contribution is 2.30. The number of halogens is 2. The second kappa shape index (κ2) is 4.42. The van der Waals surface area contributed by atoms with E-state index in [9.17, 15) is 4.39 Å². The molecular weight excluding hydrogens is 299 g/mol. The minimum absolute atomic E-state index is 0.285. The van der Waals surface area contributed by atoms with E-state index >= 15 is 0 Å². The second-order valence-corrected chi connectivity index (χ2v) is 4.65. The SMILES string of the molecule is Fc1ccc(Oc2cc(Br)c3cn[nH]c3c2)cc1. The topological polar surface area (TPSA) is 37.9 Å². The highest BCUT2D eigenvalue weighted by atomic mass is 79.9. The van der Waals surface area contributed by atoms with Gasteiger partial charge in [-0.05, 0) is 46.3 Å². The standard InChI is InChI=1S/C13H8BrFN2O/c14-12-5-10(6-13-11(12)7-16-17-13)18-9-3-1-8(15)2-4-9/h1-7H,(H,16,17). The summed E-state index contributed by atoms with van der Waals surface area (Å²) in [6.07, 6.45) is 1.74. The third kappa shape index (κ3) is 2.09. The van der Waals surface area contributed by atoms with Crippen LogP contribution in [0.1, 0.15) is 0 Å². The van der Waals surface area contributed by atoms with Gasteiger partial charge in [-0.15, -0.1) is 0 Å². The highest BCUT2D eigenvalue weighted by molar-refractivity contribution is 9.10. The van der Waals surface area contributed by atoms with Gasteiger partial charge in [-0.3, -0.25) is 5.10 Å². The van der Waals surface area contributed by atoms with Gasteiger partial charge in [0.05, 0.1) is 11.7 Å². The predicted molar refractivity (Wildman–Crippen MR) is 70.3 cm³/mol. The summed E-state index contributed by atoms with van der Waals surface area (Å²) in [6.45, 7) is 0. The van der Waals surface area contributed by atoms with Gasteiger partial charge >= 0.3 is 0 Å². The number of aromatic nitrogens is 2. The van der Waals surface area contributed by atoms with Crippen molar-refractivity contribution in [2.45, 2.75) is 0 Å². The number of benzene rings is 2. The molecule has 5 heteroatoms. The molecule has 1 heterocycles. The third-order valence-electron chi connectivity index (χ3n) is 2.53. The lowest BCUT2D eigenvalue weighted by atomic mass is 10.2. The quantitative estimate of drug-likeness (QED) is 0.768. The number of aromatic amines is 1. The van der Waals surface area contributed by atoms with Gasteiger partial charge in [-0.2, -0.15) is 5.10 Å². The Balaban J connectivity index is 1.97. The van der Waals surface area contributed by atoms with Gasteiger partial charge < -0.3 is 4.74 Å². The zero-order valence-corrected chi connectivity index (χ0v) is 10.7. The summed E-state index contributed by atoms with van der Waals surface area (Å²) in [6, 6.07) is 9.58. The molecule has 0 aliphatic rings. The monoisotopic (exact) mass is 306 g/mol. The number of hydrogen-bond acceptors (Lipinski definition) is 2. The summed E-state index contributed by atoms with van der Waals surface area (Å²) in [5.41, 5.74) is 0.876. The molecule has 0 spiro atoms. The lowest BCUT2D eigenvalue weighted by Gasteiger charge is -2.06. The molecule has 3 aromatic rings. The van der Waals surface area contributed by atoms with Crippen LogP contribution in [0.5, 0.6) is 11.5 Å². The van der Waals surface area contributed by atoms with Crippen LogP contribution in [0.15, 0.2) is 47.1 Å². The molecule has 18 heavy (non-hydrogen) atoms. The maximum Gasteiger partial charge on any atom is 0.130 e. The Morgan fingerprint density at radius 3 is 2.67 bits per heavy atom. The van der Waals surface area contributed by atoms with Crippen molar-refractivity contribution in [3.05, 3.63) is 52.9 Å². The normalized spacial score (nSPS) is 10.8. The molecule has 3 rings (SSSR count). The molecule has 0 saturated heterocycles. The van der Waals surface area contributed by atoms with Crippen molar-refractivity contribution in [1.82, 2.24) is 10.2 Å². The van der Waals surface area contributed by atoms with Gasteiger partial charge in [-0.25, -0.2) is 4.39 Å². The smallest absolute Gasteiger partial charge is 0.130 e. The predicted octanol–water partition coefficient (Wildman–Crippen LogP) is 4.26. The van der Waals surface area contributed by atoms with E-state index in [1.165, 1.54) is 12.1 Å². The fraction of sp³-hybridized carbons (Fsp3) is 0. The van der Waals surface area contributed by atoms with Gasteiger partial charge in [0, 0.05) is 15.9 Å². The van der Waals surface area contributed by atoms with Crippen molar-refractivity contribution >= 4 is 26.8 Å². The zero-order chi connectivity index (χ0) is 12.5. The first-order valence-corrected chi connectivity index (χ1v) is 6.08. The second-order valence-electron chi connectivity index (χ2n) is 3.79. The van der Waals surface area contributed by atoms with Crippen molar-refractivity contribution in [3.8, 4) is 11.5 Å². The molecule has 0 saturated carbocycles. The first-order valence-electron chi connectivity index (χ1n) is 5.28. The average molecular weight is 307 g/mol. The Morgan fingerprint density at radius 2 is 1.89 bits per heavy atom. The van der Waals surface area contributed by atoms with Crippen LogP contribution < -0.4 is 4.74 Å². The number of rotatable bonds is 2. The Hall–Kier alpha value is -1.88. The summed E-state index contributed by atoms with van der Waals surface area (Å²) in [5, 5.41) is 7.82.